The van der Waals surface area contributed by atoms with Crippen molar-refractivity contribution in [3.8, 4) is 0 Å². The molecule has 1 N–H and O–H groups in total. The molecule has 0 heterocycles. The van der Waals surface area contributed by atoms with Gasteiger partial charge in [-0.05, 0) is 30.0 Å². The highest BCUT2D eigenvalue weighted by molar-refractivity contribution is 6.09. The summed E-state index contributed by atoms with van der Waals surface area (Å²) < 4.78 is 0. The molecule has 29 heavy (non-hydrogen) atoms. The lowest BCUT2D eigenvalue weighted by molar-refractivity contribution is -0.117. The molecular formula is C26H21NO2. The normalized spacial score (nSPS) is 11.8. The number of amides is 1. The van der Waals surface area contributed by atoms with Crippen molar-refractivity contribution in [2.45, 2.75) is 12.8 Å². The van der Waals surface area contributed by atoms with E-state index in [1.54, 1.807) is 18.2 Å². The number of carbonyl (C=O) groups excluding carboxylic acids is 2. The minimum atomic E-state index is -0.391. The Kier molecular flexibility index (Phi) is 5.21. The van der Waals surface area contributed by atoms with E-state index in [-0.39, 0.29) is 11.7 Å². The molecule has 4 rings (SSSR count). The zero-order chi connectivity index (χ0) is 20.2. The van der Waals surface area contributed by atoms with E-state index >= 15 is 0 Å². The minimum absolute atomic E-state index is 0.0471. The second-order valence-corrected chi connectivity index (χ2v) is 7.06. The third kappa shape index (κ3) is 3.94. The first-order valence-corrected chi connectivity index (χ1v) is 9.62. The van der Waals surface area contributed by atoms with Crippen molar-refractivity contribution in [3.63, 3.8) is 0 Å². The third-order valence-corrected chi connectivity index (χ3v) is 5.13. The summed E-state index contributed by atoms with van der Waals surface area (Å²) in [7, 11) is 0. The predicted molar refractivity (Wildman–Crippen MR) is 117 cm³/mol. The Morgan fingerprint density at radius 2 is 1.38 bits per heavy atom. The van der Waals surface area contributed by atoms with E-state index in [9.17, 15) is 9.59 Å². The van der Waals surface area contributed by atoms with Crippen LogP contribution < -0.4 is 5.32 Å². The molecule has 0 saturated heterocycles. The molecule has 4 aromatic rings. The molecule has 0 saturated carbocycles. The summed E-state index contributed by atoms with van der Waals surface area (Å²) in [5.74, 6) is -0.544. The number of rotatable bonds is 5. The summed E-state index contributed by atoms with van der Waals surface area (Å²) in [4.78, 5) is 25.6. The van der Waals surface area contributed by atoms with E-state index in [2.05, 4.69) is 5.32 Å². The van der Waals surface area contributed by atoms with Gasteiger partial charge in [0.2, 0.25) is 5.91 Å². The maximum absolute atomic E-state index is 12.9. The van der Waals surface area contributed by atoms with Gasteiger partial charge in [0.15, 0.2) is 5.78 Å². The van der Waals surface area contributed by atoms with Crippen molar-refractivity contribution >= 4 is 28.2 Å². The Morgan fingerprint density at radius 1 is 0.724 bits per heavy atom. The number of fused-ring (bicyclic) bond motifs is 1. The molecule has 0 fully saturated rings. The maximum Gasteiger partial charge on any atom is 0.231 e. The number of carbonyl (C=O) groups is 2. The topological polar surface area (TPSA) is 46.2 Å². The van der Waals surface area contributed by atoms with Gasteiger partial charge in [0, 0.05) is 22.2 Å². The van der Waals surface area contributed by atoms with Gasteiger partial charge in [-0.1, -0.05) is 84.9 Å². The van der Waals surface area contributed by atoms with Gasteiger partial charge in [0.25, 0.3) is 0 Å². The highest BCUT2D eigenvalue weighted by Gasteiger charge is 2.18. The van der Waals surface area contributed by atoms with Crippen LogP contribution in [0.2, 0.25) is 0 Å². The van der Waals surface area contributed by atoms with Crippen LogP contribution in [0.5, 0.6) is 0 Å². The van der Waals surface area contributed by atoms with Crippen molar-refractivity contribution in [2.75, 3.05) is 5.32 Å². The summed E-state index contributed by atoms with van der Waals surface area (Å²) in [6.07, 6.45) is 0. The zero-order valence-corrected chi connectivity index (χ0v) is 16.1. The van der Waals surface area contributed by atoms with Crippen LogP contribution in [-0.4, -0.2) is 11.7 Å². The van der Waals surface area contributed by atoms with Crippen molar-refractivity contribution in [3.05, 3.63) is 114 Å². The fraction of sp³-hybridized carbons (Fsp3) is 0.0769. The molecule has 0 bridgehead atoms. The molecular weight excluding hydrogens is 358 g/mol. The van der Waals surface area contributed by atoms with Crippen LogP contribution in [0.1, 0.15) is 34.3 Å². The molecule has 0 aliphatic carbocycles. The summed E-state index contributed by atoms with van der Waals surface area (Å²) >= 11 is 0. The SMILES string of the molecule is C[C@@H](C(=O)Nc1cccc2ccccc12)c1cccc(C(=O)c2ccccc2)c1. The average Bonchev–Trinajstić information content (AvgIpc) is 2.79. The highest BCUT2D eigenvalue weighted by atomic mass is 16.2. The number of hydrogen-bond acceptors (Lipinski definition) is 2. The van der Waals surface area contributed by atoms with Gasteiger partial charge in [-0.3, -0.25) is 9.59 Å². The Labute approximate surface area is 170 Å². The fourth-order valence-electron chi connectivity index (χ4n) is 3.43. The maximum atomic E-state index is 12.9. The van der Waals surface area contributed by atoms with Crippen LogP contribution in [-0.2, 0) is 4.79 Å². The largest absolute Gasteiger partial charge is 0.325 e. The van der Waals surface area contributed by atoms with E-state index in [4.69, 9.17) is 0 Å². The summed E-state index contributed by atoms with van der Waals surface area (Å²) in [6, 6.07) is 30.3. The van der Waals surface area contributed by atoms with Crippen molar-refractivity contribution < 1.29 is 9.59 Å². The van der Waals surface area contributed by atoms with Crippen molar-refractivity contribution in [2.24, 2.45) is 0 Å². The Hall–Kier alpha value is -3.72. The van der Waals surface area contributed by atoms with Gasteiger partial charge in [0.1, 0.15) is 0 Å². The van der Waals surface area contributed by atoms with Crippen LogP contribution in [0.15, 0.2) is 97.1 Å². The molecule has 0 unspecified atom stereocenters. The third-order valence-electron chi connectivity index (χ3n) is 5.13. The first-order chi connectivity index (χ1) is 14.1. The zero-order valence-electron chi connectivity index (χ0n) is 16.1. The molecule has 3 nitrogen and oxygen atoms in total. The monoisotopic (exact) mass is 379 g/mol. The highest BCUT2D eigenvalue weighted by Crippen LogP contribution is 2.25. The molecule has 0 aromatic heterocycles. The lowest BCUT2D eigenvalue weighted by atomic mass is 9.95. The van der Waals surface area contributed by atoms with Crippen molar-refractivity contribution in [1.29, 1.82) is 0 Å². The van der Waals surface area contributed by atoms with Crippen LogP contribution in [0.3, 0.4) is 0 Å². The smallest absolute Gasteiger partial charge is 0.231 e. The number of nitrogens with one attached hydrogen (secondary N) is 1. The molecule has 142 valence electrons. The van der Waals surface area contributed by atoms with E-state index in [1.807, 2.05) is 85.8 Å². The Balaban J connectivity index is 1.57. The van der Waals surface area contributed by atoms with Gasteiger partial charge in [-0.15, -0.1) is 0 Å². The van der Waals surface area contributed by atoms with Gasteiger partial charge in [-0.25, -0.2) is 0 Å². The summed E-state index contributed by atoms with van der Waals surface area (Å²) in [6.45, 7) is 1.85. The quantitative estimate of drug-likeness (QED) is 0.445. The average molecular weight is 379 g/mol. The molecule has 0 aliphatic heterocycles. The van der Waals surface area contributed by atoms with Crippen LogP contribution in [0.25, 0.3) is 10.8 Å². The number of anilines is 1. The second-order valence-electron chi connectivity index (χ2n) is 7.06. The van der Waals surface area contributed by atoms with Gasteiger partial charge >= 0.3 is 0 Å². The van der Waals surface area contributed by atoms with Gasteiger partial charge in [-0.2, -0.15) is 0 Å². The minimum Gasteiger partial charge on any atom is -0.325 e. The number of benzene rings is 4. The number of ketones is 1. The molecule has 0 radical (unpaired) electrons. The van der Waals surface area contributed by atoms with E-state index < -0.39 is 5.92 Å². The van der Waals surface area contributed by atoms with Gasteiger partial charge < -0.3 is 5.32 Å². The first-order valence-electron chi connectivity index (χ1n) is 9.62. The van der Waals surface area contributed by atoms with Gasteiger partial charge in [0.05, 0.1) is 5.92 Å². The van der Waals surface area contributed by atoms with E-state index in [0.29, 0.717) is 11.1 Å². The second kappa shape index (κ2) is 8.11. The van der Waals surface area contributed by atoms with Crippen LogP contribution in [0.4, 0.5) is 5.69 Å². The fourth-order valence-corrected chi connectivity index (χ4v) is 3.43. The summed E-state index contributed by atoms with van der Waals surface area (Å²) in [5, 5.41) is 5.12. The molecule has 0 aliphatic rings. The Morgan fingerprint density at radius 3 is 2.21 bits per heavy atom. The van der Waals surface area contributed by atoms with Crippen LogP contribution >= 0.6 is 0 Å². The van der Waals surface area contributed by atoms with E-state index in [0.717, 1.165) is 22.0 Å². The van der Waals surface area contributed by atoms with Crippen molar-refractivity contribution in [1.82, 2.24) is 0 Å². The lowest BCUT2D eigenvalue weighted by Gasteiger charge is -2.15. The summed E-state index contributed by atoms with van der Waals surface area (Å²) in [5.41, 5.74) is 2.82. The predicted octanol–water partition coefficient (Wildman–Crippen LogP) is 5.81. The molecule has 1 amide bonds. The number of hydrogen-bond donors (Lipinski definition) is 1. The first kappa shape index (κ1) is 18.6. The molecule has 3 heteroatoms. The molecule has 1 atom stereocenters. The lowest BCUT2D eigenvalue weighted by Crippen LogP contribution is -2.19. The van der Waals surface area contributed by atoms with Crippen LogP contribution in [0, 0.1) is 0 Å². The standard InChI is InChI=1S/C26H21NO2/c1-18(26(29)27-24-16-8-12-19-9-5-6-15-23(19)24)21-13-7-14-22(17-21)25(28)20-10-3-2-4-11-20/h2-18H,1H3,(H,27,29)/t18-/m1/s1. The van der Waals surface area contributed by atoms with E-state index in [1.165, 1.54) is 0 Å². The molecule has 4 aromatic carbocycles. The Bertz CT molecular complexity index is 1180. The molecule has 0 spiro atoms.